The van der Waals surface area contributed by atoms with Crippen LogP contribution in [0.15, 0.2) is 45.6 Å². The maximum Gasteiger partial charge on any atom is 0.339 e. The zero-order valence-corrected chi connectivity index (χ0v) is 22.0. The summed E-state index contributed by atoms with van der Waals surface area (Å²) in [5, 5.41) is 0.864. The lowest BCUT2D eigenvalue weighted by molar-refractivity contribution is 0.259. The van der Waals surface area contributed by atoms with Crippen LogP contribution in [0.4, 0.5) is 5.69 Å². The predicted molar refractivity (Wildman–Crippen MR) is 144 cm³/mol. The highest BCUT2D eigenvalue weighted by Gasteiger charge is 2.21. The highest BCUT2D eigenvalue weighted by atomic mass is 16.5. The fourth-order valence-electron chi connectivity index (χ4n) is 4.77. The van der Waals surface area contributed by atoms with Crippen molar-refractivity contribution in [2.45, 2.75) is 40.0 Å². The van der Waals surface area contributed by atoms with Crippen molar-refractivity contribution < 1.29 is 18.6 Å². The number of hydrogen-bond donors (Lipinski definition) is 0. The summed E-state index contributed by atoms with van der Waals surface area (Å²) in [4.78, 5) is 17.8. The Morgan fingerprint density at radius 2 is 1.67 bits per heavy atom. The first-order chi connectivity index (χ1) is 17.5. The topological polar surface area (TPSA) is 64.4 Å². The van der Waals surface area contributed by atoms with Gasteiger partial charge in [-0.1, -0.05) is 26.0 Å². The van der Waals surface area contributed by atoms with E-state index in [9.17, 15) is 4.79 Å². The molecule has 1 aromatic heterocycles. The summed E-state index contributed by atoms with van der Waals surface area (Å²) in [5.74, 6) is 2.28. The second-order valence-electron chi connectivity index (χ2n) is 9.24. The van der Waals surface area contributed by atoms with Gasteiger partial charge in [-0.05, 0) is 43.9 Å². The molecule has 7 nitrogen and oxygen atoms in total. The number of methoxy groups -OCH3 is 1. The third-order valence-corrected chi connectivity index (χ3v) is 6.73. The number of hydrogen-bond acceptors (Lipinski definition) is 7. The van der Waals surface area contributed by atoms with E-state index in [0.29, 0.717) is 36.7 Å². The van der Waals surface area contributed by atoms with Gasteiger partial charge < -0.3 is 23.5 Å². The molecule has 0 amide bonds. The van der Waals surface area contributed by atoms with Gasteiger partial charge in [0.1, 0.15) is 22.8 Å². The molecule has 0 unspecified atom stereocenters. The number of nitrogens with zero attached hydrogens (tertiary/aromatic N) is 2. The molecule has 0 spiro atoms. The average molecular weight is 495 g/mol. The lowest BCUT2D eigenvalue weighted by Crippen LogP contribution is -2.47. The molecular weight excluding hydrogens is 456 g/mol. The maximum absolute atomic E-state index is 13.0. The Morgan fingerprint density at radius 1 is 0.944 bits per heavy atom. The largest absolute Gasteiger partial charge is 0.495 e. The third-order valence-electron chi connectivity index (χ3n) is 6.73. The second-order valence-corrected chi connectivity index (χ2v) is 9.24. The lowest BCUT2D eigenvalue weighted by atomic mass is 10.0. The molecule has 36 heavy (non-hydrogen) atoms. The molecule has 1 aliphatic heterocycles. The van der Waals surface area contributed by atoms with Crippen molar-refractivity contribution in [2.75, 3.05) is 57.9 Å². The van der Waals surface area contributed by atoms with E-state index < -0.39 is 0 Å². The Morgan fingerprint density at radius 3 is 2.39 bits per heavy atom. The Bertz CT molecular complexity index is 1210. The number of benzene rings is 2. The Kier molecular flexibility index (Phi) is 8.75. The van der Waals surface area contributed by atoms with Gasteiger partial charge >= 0.3 is 5.63 Å². The van der Waals surface area contributed by atoms with Gasteiger partial charge in [0.2, 0.25) is 0 Å². The van der Waals surface area contributed by atoms with E-state index in [4.69, 9.17) is 18.6 Å². The lowest BCUT2D eigenvalue weighted by Gasteiger charge is -2.36. The van der Waals surface area contributed by atoms with Crippen molar-refractivity contribution in [1.29, 1.82) is 0 Å². The van der Waals surface area contributed by atoms with Gasteiger partial charge in [-0.2, -0.15) is 0 Å². The molecule has 4 rings (SSSR count). The Labute approximate surface area is 213 Å². The quantitative estimate of drug-likeness (QED) is 0.346. The van der Waals surface area contributed by atoms with E-state index in [1.807, 2.05) is 31.2 Å². The number of aryl methyl sites for hydroxylation is 1. The standard InChI is InChI=1S/C29H38N2O5/c1-5-17-34-22-19-26(35-18-6-2)28-21(3)23(29(32)36-27(28)20-22)11-12-30-13-15-31(16-14-30)24-9-7-8-10-25(24)33-4/h7-10,19-20H,5-6,11-18H2,1-4H3. The maximum atomic E-state index is 13.0. The van der Waals surface area contributed by atoms with Gasteiger partial charge in [0.05, 0.1) is 31.4 Å². The molecular formula is C29H38N2O5. The third kappa shape index (κ3) is 5.78. The van der Waals surface area contributed by atoms with Crippen LogP contribution in [-0.2, 0) is 6.42 Å². The summed E-state index contributed by atoms with van der Waals surface area (Å²) in [6.07, 6.45) is 2.43. The molecule has 2 heterocycles. The van der Waals surface area contributed by atoms with Gasteiger partial charge in [0.25, 0.3) is 0 Å². The van der Waals surface area contributed by atoms with Gasteiger partial charge in [-0.25, -0.2) is 4.79 Å². The van der Waals surface area contributed by atoms with Crippen LogP contribution < -0.4 is 24.7 Å². The SMILES string of the molecule is CCCOc1cc(OCCC)c2c(C)c(CCN3CCN(c4ccccc4OC)CC3)c(=O)oc2c1. The van der Waals surface area contributed by atoms with Crippen molar-refractivity contribution in [3.63, 3.8) is 0 Å². The van der Waals surface area contributed by atoms with E-state index in [1.54, 1.807) is 13.2 Å². The Balaban J connectivity index is 1.49. The number of ether oxygens (including phenoxy) is 3. The molecule has 0 aliphatic carbocycles. The first-order valence-corrected chi connectivity index (χ1v) is 13.0. The number of rotatable bonds is 11. The molecule has 1 aliphatic rings. The first-order valence-electron chi connectivity index (χ1n) is 13.0. The summed E-state index contributed by atoms with van der Waals surface area (Å²) >= 11 is 0. The Hall–Kier alpha value is -3.19. The molecule has 194 valence electrons. The van der Waals surface area contributed by atoms with Crippen LogP contribution in [0.3, 0.4) is 0 Å². The molecule has 1 saturated heterocycles. The second kappa shape index (κ2) is 12.2. The van der Waals surface area contributed by atoms with Gasteiger partial charge in [0.15, 0.2) is 0 Å². The fourth-order valence-corrected chi connectivity index (χ4v) is 4.77. The van der Waals surface area contributed by atoms with Crippen LogP contribution in [0.2, 0.25) is 0 Å². The van der Waals surface area contributed by atoms with E-state index in [-0.39, 0.29) is 5.63 Å². The van der Waals surface area contributed by atoms with Gasteiger partial charge in [-0.15, -0.1) is 0 Å². The number of anilines is 1. The van der Waals surface area contributed by atoms with E-state index in [1.165, 1.54) is 0 Å². The summed E-state index contributed by atoms with van der Waals surface area (Å²) in [7, 11) is 1.71. The van der Waals surface area contributed by atoms with Crippen LogP contribution in [0, 0.1) is 6.92 Å². The van der Waals surface area contributed by atoms with Crippen LogP contribution >= 0.6 is 0 Å². The van der Waals surface area contributed by atoms with Crippen molar-refractivity contribution in [3.05, 3.63) is 57.9 Å². The average Bonchev–Trinajstić information content (AvgIpc) is 2.90. The van der Waals surface area contributed by atoms with E-state index in [2.05, 4.69) is 29.7 Å². The number of para-hydroxylation sites is 2. The minimum absolute atomic E-state index is 0.276. The van der Waals surface area contributed by atoms with Crippen molar-refractivity contribution in [3.8, 4) is 17.2 Å². The van der Waals surface area contributed by atoms with Crippen LogP contribution in [0.25, 0.3) is 11.0 Å². The van der Waals surface area contributed by atoms with Crippen molar-refractivity contribution in [1.82, 2.24) is 4.90 Å². The summed E-state index contributed by atoms with van der Waals surface area (Å²) < 4.78 is 23.2. The summed E-state index contributed by atoms with van der Waals surface area (Å²) in [5.41, 5.74) is 3.03. The highest BCUT2D eigenvalue weighted by molar-refractivity contribution is 5.89. The van der Waals surface area contributed by atoms with Crippen molar-refractivity contribution in [2.24, 2.45) is 0 Å². The predicted octanol–water partition coefficient (Wildman–Crippen LogP) is 5.05. The smallest absolute Gasteiger partial charge is 0.339 e. The molecule has 0 radical (unpaired) electrons. The van der Waals surface area contributed by atoms with Gasteiger partial charge in [-0.3, -0.25) is 4.90 Å². The summed E-state index contributed by atoms with van der Waals surface area (Å²) in [6, 6.07) is 11.9. The normalized spacial score (nSPS) is 14.3. The number of fused-ring (bicyclic) bond motifs is 1. The first kappa shape index (κ1) is 25.9. The van der Waals surface area contributed by atoms with E-state index >= 15 is 0 Å². The van der Waals surface area contributed by atoms with Crippen LogP contribution in [0.5, 0.6) is 17.2 Å². The molecule has 0 saturated carbocycles. The molecule has 1 fully saturated rings. The molecule has 2 aromatic carbocycles. The summed E-state index contributed by atoms with van der Waals surface area (Å²) in [6.45, 7) is 11.8. The minimum Gasteiger partial charge on any atom is -0.495 e. The molecule has 3 aromatic rings. The molecule has 0 atom stereocenters. The van der Waals surface area contributed by atoms with Crippen LogP contribution in [-0.4, -0.2) is 57.9 Å². The highest BCUT2D eigenvalue weighted by Crippen LogP contribution is 2.34. The van der Waals surface area contributed by atoms with Crippen LogP contribution in [0.1, 0.15) is 37.8 Å². The number of piperazine rings is 1. The monoisotopic (exact) mass is 494 g/mol. The molecule has 7 heteroatoms. The minimum atomic E-state index is -0.276. The van der Waals surface area contributed by atoms with Gasteiger partial charge in [0, 0.05) is 50.4 Å². The van der Waals surface area contributed by atoms with Crippen molar-refractivity contribution >= 4 is 16.7 Å². The fraction of sp³-hybridized carbons (Fsp3) is 0.483. The van der Waals surface area contributed by atoms with E-state index in [0.717, 1.165) is 73.5 Å². The molecule has 0 bridgehead atoms. The molecule has 0 N–H and O–H groups in total. The zero-order chi connectivity index (χ0) is 25.5. The zero-order valence-electron chi connectivity index (χ0n) is 22.0.